The van der Waals surface area contributed by atoms with E-state index in [1.54, 1.807) is 0 Å². The van der Waals surface area contributed by atoms with Crippen molar-refractivity contribution in [3.8, 4) is 0 Å². The minimum Gasteiger partial charge on any atom is -0.481 e. The lowest BCUT2D eigenvalue weighted by molar-refractivity contribution is -0.174. The summed E-state index contributed by atoms with van der Waals surface area (Å²) in [5.41, 5.74) is 2.20. The molecule has 0 aromatic heterocycles. The third-order valence-corrected chi connectivity index (χ3v) is 2.11. The Balaban J connectivity index is 5.26. The lowest BCUT2D eigenvalue weighted by Crippen LogP contribution is -2.52. The van der Waals surface area contributed by atoms with Gasteiger partial charge in [0.2, 0.25) is 5.91 Å². The number of amides is 1. The molecule has 2 unspecified atom stereocenters. The van der Waals surface area contributed by atoms with Crippen LogP contribution in [-0.4, -0.2) is 38.8 Å². The molecule has 5 N–H and O–H groups in total. The van der Waals surface area contributed by atoms with Gasteiger partial charge in [-0.2, -0.15) is 0 Å². The summed E-state index contributed by atoms with van der Waals surface area (Å²) in [6.45, 7) is 3.28. The summed E-state index contributed by atoms with van der Waals surface area (Å²) in [7, 11) is 0. The molecule has 0 fully saturated rings. The molecular weight excluding hydrogens is 218 g/mol. The number of aliphatic hydroxyl groups is 1. The number of carboxylic acid groups (broad SMARTS) is 2. The van der Waals surface area contributed by atoms with Crippen LogP contribution in [0.25, 0.3) is 0 Å². The van der Waals surface area contributed by atoms with Gasteiger partial charge < -0.3 is 21.1 Å². The van der Waals surface area contributed by atoms with Crippen molar-refractivity contribution in [1.29, 1.82) is 0 Å². The van der Waals surface area contributed by atoms with Gasteiger partial charge in [0.05, 0.1) is 12.3 Å². The van der Waals surface area contributed by atoms with E-state index in [2.05, 4.69) is 6.58 Å². The Hall–Kier alpha value is -1.89. The van der Waals surface area contributed by atoms with Crippen molar-refractivity contribution in [3.63, 3.8) is 0 Å². The molecule has 16 heavy (non-hydrogen) atoms. The molecular formula is C9H13NO6. The van der Waals surface area contributed by atoms with Crippen molar-refractivity contribution < 1.29 is 29.7 Å². The van der Waals surface area contributed by atoms with Gasteiger partial charge in [0, 0.05) is 0 Å². The second-order valence-corrected chi connectivity index (χ2v) is 3.28. The fourth-order valence-corrected chi connectivity index (χ4v) is 1.29. The Bertz CT molecular complexity index is 326. The van der Waals surface area contributed by atoms with Crippen LogP contribution in [0.3, 0.4) is 0 Å². The third-order valence-electron chi connectivity index (χ3n) is 2.11. The summed E-state index contributed by atoms with van der Waals surface area (Å²) in [5.74, 6) is -5.97. The van der Waals surface area contributed by atoms with Crippen LogP contribution in [0.15, 0.2) is 12.7 Å². The van der Waals surface area contributed by atoms with Gasteiger partial charge in [-0.1, -0.05) is 6.08 Å². The van der Waals surface area contributed by atoms with Gasteiger partial charge in [-0.05, 0) is 6.42 Å². The molecule has 0 rings (SSSR count). The maximum Gasteiger partial charge on any atom is 0.337 e. The van der Waals surface area contributed by atoms with Gasteiger partial charge in [0.1, 0.15) is 0 Å². The van der Waals surface area contributed by atoms with Crippen molar-refractivity contribution in [1.82, 2.24) is 0 Å². The fourth-order valence-electron chi connectivity index (χ4n) is 1.29. The van der Waals surface area contributed by atoms with E-state index in [-0.39, 0.29) is 6.42 Å². The summed E-state index contributed by atoms with van der Waals surface area (Å²) in [6, 6.07) is 0. The number of rotatable bonds is 7. The summed E-state index contributed by atoms with van der Waals surface area (Å²) < 4.78 is 0. The first-order chi connectivity index (χ1) is 7.25. The minimum absolute atomic E-state index is 0.217. The topological polar surface area (TPSA) is 138 Å². The Labute approximate surface area is 91.2 Å². The van der Waals surface area contributed by atoms with Gasteiger partial charge in [0.25, 0.3) is 0 Å². The monoisotopic (exact) mass is 231 g/mol. The predicted octanol–water partition coefficient (Wildman–Crippen LogP) is -1.05. The highest BCUT2D eigenvalue weighted by Gasteiger charge is 2.48. The van der Waals surface area contributed by atoms with E-state index in [9.17, 15) is 19.5 Å². The van der Waals surface area contributed by atoms with Crippen molar-refractivity contribution in [2.75, 3.05) is 0 Å². The number of hydrogen-bond acceptors (Lipinski definition) is 4. The molecule has 0 aromatic rings. The molecule has 7 nitrogen and oxygen atoms in total. The smallest absolute Gasteiger partial charge is 0.337 e. The molecule has 2 atom stereocenters. The predicted molar refractivity (Wildman–Crippen MR) is 52.3 cm³/mol. The number of carboxylic acids is 2. The second kappa shape index (κ2) is 5.26. The molecule has 0 radical (unpaired) electrons. The first-order valence-corrected chi connectivity index (χ1v) is 4.33. The highest BCUT2D eigenvalue weighted by molar-refractivity contribution is 5.91. The molecule has 0 heterocycles. The molecule has 0 aromatic carbocycles. The molecule has 7 heteroatoms. The van der Waals surface area contributed by atoms with Crippen molar-refractivity contribution in [3.05, 3.63) is 12.7 Å². The van der Waals surface area contributed by atoms with E-state index in [0.29, 0.717) is 0 Å². The van der Waals surface area contributed by atoms with E-state index >= 15 is 0 Å². The zero-order valence-corrected chi connectivity index (χ0v) is 8.42. The standard InChI is InChI=1S/C9H13NO6/c1-2-3-5(7(10)13)9(16,8(14)15)4-6(11)12/h2,5,16H,1,3-4H2,(H2,10,13)(H,11,12)(H,14,15). The highest BCUT2D eigenvalue weighted by atomic mass is 16.4. The molecule has 0 saturated heterocycles. The van der Waals surface area contributed by atoms with Crippen molar-refractivity contribution in [2.24, 2.45) is 11.7 Å². The van der Waals surface area contributed by atoms with Crippen molar-refractivity contribution >= 4 is 17.8 Å². The fraction of sp³-hybridized carbons (Fsp3) is 0.444. The number of primary amides is 1. The molecule has 0 bridgehead atoms. The maximum atomic E-state index is 11.0. The van der Waals surface area contributed by atoms with Crippen LogP contribution in [-0.2, 0) is 14.4 Å². The SMILES string of the molecule is C=CCC(C(N)=O)C(O)(CC(=O)O)C(=O)O. The van der Waals surface area contributed by atoms with Gasteiger partial charge in [-0.25, -0.2) is 4.79 Å². The van der Waals surface area contributed by atoms with Crippen LogP contribution in [0, 0.1) is 5.92 Å². The average molecular weight is 231 g/mol. The first kappa shape index (κ1) is 14.1. The highest BCUT2D eigenvalue weighted by Crippen LogP contribution is 2.25. The van der Waals surface area contributed by atoms with Crippen LogP contribution >= 0.6 is 0 Å². The summed E-state index contributed by atoms with van der Waals surface area (Å²) in [6.07, 6.45) is -0.139. The zero-order chi connectivity index (χ0) is 12.9. The molecule has 90 valence electrons. The number of allylic oxidation sites excluding steroid dienone is 1. The lowest BCUT2D eigenvalue weighted by Gasteiger charge is -2.28. The molecule has 1 amide bonds. The van der Waals surface area contributed by atoms with Crippen LogP contribution < -0.4 is 5.73 Å². The number of nitrogens with two attached hydrogens (primary N) is 1. The van der Waals surface area contributed by atoms with E-state index in [0.717, 1.165) is 0 Å². The molecule has 0 spiro atoms. The second-order valence-electron chi connectivity index (χ2n) is 3.28. The largest absolute Gasteiger partial charge is 0.481 e. The van der Waals surface area contributed by atoms with Crippen LogP contribution in [0.1, 0.15) is 12.8 Å². The Morgan fingerprint density at radius 1 is 1.38 bits per heavy atom. The van der Waals surface area contributed by atoms with Gasteiger partial charge in [0.15, 0.2) is 5.60 Å². The Morgan fingerprint density at radius 2 is 1.88 bits per heavy atom. The molecule has 0 aliphatic heterocycles. The number of carbonyl (C=O) groups is 3. The van der Waals surface area contributed by atoms with E-state index in [1.165, 1.54) is 6.08 Å². The Kier molecular flexibility index (Phi) is 4.64. The Morgan fingerprint density at radius 3 is 2.12 bits per heavy atom. The quantitative estimate of drug-likeness (QED) is 0.412. The van der Waals surface area contributed by atoms with Crippen molar-refractivity contribution in [2.45, 2.75) is 18.4 Å². The van der Waals surface area contributed by atoms with Gasteiger partial charge in [-0.15, -0.1) is 6.58 Å². The lowest BCUT2D eigenvalue weighted by atomic mass is 9.81. The minimum atomic E-state index is -2.72. The van der Waals surface area contributed by atoms with E-state index in [4.69, 9.17) is 15.9 Å². The maximum absolute atomic E-state index is 11.0. The summed E-state index contributed by atoms with van der Waals surface area (Å²) in [5, 5.41) is 27.0. The van der Waals surface area contributed by atoms with E-state index in [1.807, 2.05) is 0 Å². The number of carbonyl (C=O) groups excluding carboxylic acids is 1. The average Bonchev–Trinajstić information content (AvgIpc) is 2.11. The van der Waals surface area contributed by atoms with Crippen LogP contribution in [0.2, 0.25) is 0 Å². The number of hydrogen-bond donors (Lipinski definition) is 4. The molecule has 0 aliphatic carbocycles. The summed E-state index contributed by atoms with van der Waals surface area (Å²) >= 11 is 0. The van der Waals surface area contributed by atoms with Crippen LogP contribution in [0.4, 0.5) is 0 Å². The van der Waals surface area contributed by atoms with Gasteiger partial charge >= 0.3 is 11.9 Å². The number of aliphatic carboxylic acids is 2. The molecule has 0 aliphatic rings. The summed E-state index contributed by atoms with van der Waals surface area (Å²) in [4.78, 5) is 32.3. The first-order valence-electron chi connectivity index (χ1n) is 4.33. The zero-order valence-electron chi connectivity index (χ0n) is 8.42. The van der Waals surface area contributed by atoms with E-state index < -0.39 is 35.8 Å². The third kappa shape index (κ3) is 3.06. The van der Waals surface area contributed by atoms with Crippen LogP contribution in [0.5, 0.6) is 0 Å². The normalized spacial score (nSPS) is 15.8. The molecule has 0 saturated carbocycles. The van der Waals surface area contributed by atoms with Gasteiger partial charge in [-0.3, -0.25) is 9.59 Å².